The van der Waals surface area contributed by atoms with E-state index in [0.29, 0.717) is 13.0 Å². The number of hydrogen-bond acceptors (Lipinski definition) is 3. The summed E-state index contributed by atoms with van der Waals surface area (Å²) in [6.07, 6.45) is 1.46. The molecule has 2 aliphatic rings. The van der Waals surface area contributed by atoms with Crippen LogP contribution in [0.1, 0.15) is 19.8 Å². The molecule has 0 aromatic heterocycles. The van der Waals surface area contributed by atoms with Gasteiger partial charge in [0.2, 0.25) is 5.91 Å². The molecule has 0 radical (unpaired) electrons. The highest BCUT2D eigenvalue weighted by atomic mass is 16.4. The van der Waals surface area contributed by atoms with Crippen LogP contribution in [0.15, 0.2) is 0 Å². The van der Waals surface area contributed by atoms with E-state index in [1.54, 1.807) is 4.90 Å². The second kappa shape index (κ2) is 4.41. The van der Waals surface area contributed by atoms with Crippen LogP contribution in [0.2, 0.25) is 0 Å². The predicted molar refractivity (Wildman–Crippen MR) is 57.9 cm³/mol. The van der Waals surface area contributed by atoms with Gasteiger partial charge < -0.3 is 15.3 Å². The van der Waals surface area contributed by atoms with E-state index in [9.17, 15) is 9.59 Å². The molecule has 2 rings (SSSR count). The summed E-state index contributed by atoms with van der Waals surface area (Å²) >= 11 is 0. The number of aliphatic carboxylic acids is 1. The van der Waals surface area contributed by atoms with E-state index in [0.717, 1.165) is 19.5 Å². The Balaban J connectivity index is 2.00. The van der Waals surface area contributed by atoms with E-state index in [-0.39, 0.29) is 17.9 Å². The van der Waals surface area contributed by atoms with Gasteiger partial charge in [-0.05, 0) is 26.3 Å². The topological polar surface area (TPSA) is 69.6 Å². The van der Waals surface area contributed by atoms with E-state index >= 15 is 0 Å². The van der Waals surface area contributed by atoms with Gasteiger partial charge >= 0.3 is 5.97 Å². The van der Waals surface area contributed by atoms with Crippen molar-refractivity contribution in [2.45, 2.75) is 25.8 Å². The van der Waals surface area contributed by atoms with Crippen molar-refractivity contribution in [1.82, 2.24) is 10.2 Å². The Morgan fingerprint density at radius 2 is 2.12 bits per heavy atom. The van der Waals surface area contributed by atoms with Gasteiger partial charge in [-0.2, -0.15) is 0 Å². The average Bonchev–Trinajstić information content (AvgIpc) is 2.84. The lowest BCUT2D eigenvalue weighted by molar-refractivity contribution is -0.143. The van der Waals surface area contributed by atoms with Gasteiger partial charge in [-0.3, -0.25) is 9.59 Å². The third kappa shape index (κ3) is 1.91. The Morgan fingerprint density at radius 1 is 1.38 bits per heavy atom. The van der Waals surface area contributed by atoms with Crippen LogP contribution in [0, 0.1) is 11.8 Å². The molecule has 0 aromatic rings. The average molecular weight is 226 g/mol. The molecule has 2 aliphatic heterocycles. The van der Waals surface area contributed by atoms with Crippen molar-refractivity contribution >= 4 is 11.9 Å². The molecule has 16 heavy (non-hydrogen) atoms. The lowest BCUT2D eigenvalue weighted by Crippen LogP contribution is -2.41. The summed E-state index contributed by atoms with van der Waals surface area (Å²) in [5, 5.41) is 12.2. The molecule has 2 saturated heterocycles. The van der Waals surface area contributed by atoms with Crippen LogP contribution in [0.3, 0.4) is 0 Å². The molecule has 0 aromatic carbocycles. The molecule has 90 valence electrons. The van der Waals surface area contributed by atoms with Crippen molar-refractivity contribution in [3.05, 3.63) is 0 Å². The van der Waals surface area contributed by atoms with Gasteiger partial charge in [0, 0.05) is 19.1 Å². The van der Waals surface area contributed by atoms with Crippen LogP contribution >= 0.6 is 0 Å². The number of nitrogens with zero attached hydrogens (tertiary/aromatic N) is 1. The van der Waals surface area contributed by atoms with Crippen molar-refractivity contribution in [2.24, 2.45) is 11.8 Å². The smallest absolute Gasteiger partial charge is 0.308 e. The Hall–Kier alpha value is -1.10. The summed E-state index contributed by atoms with van der Waals surface area (Å²) in [5.41, 5.74) is 0. The molecule has 3 atom stereocenters. The van der Waals surface area contributed by atoms with E-state index in [2.05, 4.69) is 5.32 Å². The number of rotatable bonds is 2. The first-order chi connectivity index (χ1) is 7.61. The lowest BCUT2D eigenvalue weighted by Gasteiger charge is -2.25. The van der Waals surface area contributed by atoms with Gasteiger partial charge in [0.25, 0.3) is 0 Å². The molecule has 5 heteroatoms. The number of likely N-dealkylation sites (tertiary alicyclic amines) is 1. The van der Waals surface area contributed by atoms with Gasteiger partial charge in [0.05, 0.1) is 11.8 Å². The number of amides is 1. The SMILES string of the molecule is CC1C(C(=O)O)CCN1C(=O)C1CCNC1. The standard InChI is InChI=1S/C11H18N2O3/c1-7-9(11(15)16)3-5-13(7)10(14)8-2-4-12-6-8/h7-9,12H,2-6H2,1H3,(H,15,16). The third-order valence-corrected chi connectivity index (χ3v) is 3.76. The minimum atomic E-state index is -0.785. The summed E-state index contributed by atoms with van der Waals surface area (Å²) < 4.78 is 0. The summed E-state index contributed by atoms with van der Waals surface area (Å²) in [5.74, 6) is -0.998. The Labute approximate surface area is 94.8 Å². The maximum Gasteiger partial charge on any atom is 0.308 e. The highest BCUT2D eigenvalue weighted by molar-refractivity contribution is 5.81. The quantitative estimate of drug-likeness (QED) is 0.691. The largest absolute Gasteiger partial charge is 0.481 e. The minimum Gasteiger partial charge on any atom is -0.481 e. The molecular formula is C11H18N2O3. The van der Waals surface area contributed by atoms with E-state index in [4.69, 9.17) is 5.11 Å². The minimum absolute atomic E-state index is 0.0509. The molecular weight excluding hydrogens is 208 g/mol. The van der Waals surface area contributed by atoms with Crippen LogP contribution in [0.4, 0.5) is 0 Å². The molecule has 1 amide bonds. The summed E-state index contributed by atoms with van der Waals surface area (Å²) in [6, 6.07) is -0.161. The van der Waals surface area contributed by atoms with E-state index < -0.39 is 11.9 Å². The van der Waals surface area contributed by atoms with Crippen LogP contribution in [-0.4, -0.2) is 47.6 Å². The second-order valence-electron chi connectivity index (χ2n) is 4.70. The Morgan fingerprint density at radius 3 is 2.62 bits per heavy atom. The highest BCUT2D eigenvalue weighted by Crippen LogP contribution is 2.27. The molecule has 0 bridgehead atoms. The van der Waals surface area contributed by atoms with Crippen molar-refractivity contribution in [1.29, 1.82) is 0 Å². The van der Waals surface area contributed by atoms with E-state index in [1.807, 2.05) is 6.92 Å². The summed E-state index contributed by atoms with van der Waals surface area (Å²) in [4.78, 5) is 24.8. The zero-order chi connectivity index (χ0) is 11.7. The van der Waals surface area contributed by atoms with Gasteiger partial charge in [0.15, 0.2) is 0 Å². The number of carboxylic acid groups (broad SMARTS) is 1. The van der Waals surface area contributed by atoms with Gasteiger partial charge in [-0.15, -0.1) is 0 Å². The number of carboxylic acids is 1. The predicted octanol–water partition coefficient (Wildman–Crippen LogP) is -0.0825. The molecule has 5 nitrogen and oxygen atoms in total. The summed E-state index contributed by atoms with van der Waals surface area (Å²) in [6.45, 7) is 4.06. The molecule has 2 heterocycles. The number of hydrogen-bond donors (Lipinski definition) is 2. The fourth-order valence-corrected chi connectivity index (χ4v) is 2.68. The first kappa shape index (κ1) is 11.4. The van der Waals surface area contributed by atoms with Gasteiger partial charge in [-0.1, -0.05) is 0 Å². The molecule has 0 spiro atoms. The number of carbonyl (C=O) groups excluding carboxylic acids is 1. The molecule has 2 N–H and O–H groups in total. The lowest BCUT2D eigenvalue weighted by atomic mass is 10.0. The maximum absolute atomic E-state index is 12.1. The molecule has 3 unspecified atom stereocenters. The van der Waals surface area contributed by atoms with Crippen molar-refractivity contribution in [3.63, 3.8) is 0 Å². The number of carbonyl (C=O) groups is 2. The van der Waals surface area contributed by atoms with Crippen molar-refractivity contribution < 1.29 is 14.7 Å². The second-order valence-corrected chi connectivity index (χ2v) is 4.70. The first-order valence-corrected chi connectivity index (χ1v) is 5.85. The monoisotopic (exact) mass is 226 g/mol. The fourth-order valence-electron chi connectivity index (χ4n) is 2.68. The summed E-state index contributed by atoms with van der Waals surface area (Å²) in [7, 11) is 0. The Bertz CT molecular complexity index is 300. The zero-order valence-corrected chi connectivity index (χ0v) is 9.48. The van der Waals surface area contributed by atoms with Gasteiger partial charge in [-0.25, -0.2) is 0 Å². The maximum atomic E-state index is 12.1. The zero-order valence-electron chi connectivity index (χ0n) is 9.48. The molecule has 0 aliphatic carbocycles. The molecule has 2 fully saturated rings. The van der Waals surface area contributed by atoms with Crippen LogP contribution < -0.4 is 5.32 Å². The molecule has 0 saturated carbocycles. The van der Waals surface area contributed by atoms with Crippen molar-refractivity contribution in [3.8, 4) is 0 Å². The van der Waals surface area contributed by atoms with Crippen LogP contribution in [0.5, 0.6) is 0 Å². The van der Waals surface area contributed by atoms with E-state index in [1.165, 1.54) is 0 Å². The van der Waals surface area contributed by atoms with Crippen LogP contribution in [-0.2, 0) is 9.59 Å². The Kier molecular flexibility index (Phi) is 3.14. The third-order valence-electron chi connectivity index (χ3n) is 3.76. The van der Waals surface area contributed by atoms with Crippen molar-refractivity contribution in [2.75, 3.05) is 19.6 Å². The normalized spacial score (nSPS) is 34.3. The first-order valence-electron chi connectivity index (χ1n) is 5.85. The van der Waals surface area contributed by atoms with Gasteiger partial charge in [0.1, 0.15) is 0 Å². The number of nitrogens with one attached hydrogen (secondary N) is 1. The highest BCUT2D eigenvalue weighted by Gasteiger charge is 2.40. The van der Waals surface area contributed by atoms with Crippen LogP contribution in [0.25, 0.3) is 0 Å². The fraction of sp³-hybridized carbons (Fsp3) is 0.818.